The van der Waals surface area contributed by atoms with Crippen LogP contribution in [0.5, 0.6) is 0 Å². The highest BCUT2D eigenvalue weighted by atomic mass is 16.4. The Hall–Kier alpha value is -1.46. The van der Waals surface area contributed by atoms with Crippen molar-refractivity contribution in [1.29, 1.82) is 0 Å². The Morgan fingerprint density at radius 2 is 2.19 bits per heavy atom. The van der Waals surface area contributed by atoms with Crippen LogP contribution in [0, 0.1) is 5.92 Å². The molecule has 1 N–H and O–H groups in total. The van der Waals surface area contributed by atoms with Crippen LogP contribution in [-0.4, -0.2) is 31.3 Å². The Morgan fingerprint density at radius 3 is 2.69 bits per heavy atom. The number of tetrazole rings is 1. The van der Waals surface area contributed by atoms with Gasteiger partial charge in [0.15, 0.2) is 11.4 Å². The molecule has 1 unspecified atom stereocenters. The fourth-order valence-corrected chi connectivity index (χ4v) is 1.31. The monoisotopic (exact) mass is 226 g/mol. The van der Waals surface area contributed by atoms with Crippen molar-refractivity contribution in [2.24, 2.45) is 5.92 Å². The number of aromatic nitrogens is 4. The highest BCUT2D eigenvalue weighted by Crippen LogP contribution is 2.17. The maximum atomic E-state index is 11.1. The molecule has 0 amide bonds. The van der Waals surface area contributed by atoms with Gasteiger partial charge in [0.1, 0.15) is 0 Å². The summed E-state index contributed by atoms with van der Waals surface area (Å²) in [6.07, 6.45) is 1.71. The predicted molar refractivity (Wildman–Crippen MR) is 57.9 cm³/mol. The Labute approximate surface area is 94.7 Å². The minimum atomic E-state index is -1.10. The molecule has 1 heterocycles. The average molecular weight is 226 g/mol. The van der Waals surface area contributed by atoms with E-state index in [1.54, 1.807) is 13.8 Å². The molecule has 6 nitrogen and oxygen atoms in total. The van der Waals surface area contributed by atoms with Crippen molar-refractivity contribution in [3.8, 4) is 0 Å². The molecule has 0 fully saturated rings. The summed E-state index contributed by atoms with van der Waals surface area (Å²) >= 11 is 0. The number of hydrogen-bond acceptors (Lipinski definition) is 4. The van der Waals surface area contributed by atoms with Gasteiger partial charge in [0.25, 0.3) is 0 Å². The standard InChI is InChI=1S/C10H18N4O2/c1-5-7(2)6-8-11-12-13-14(8)10(3,4)9(15)16/h7H,5-6H2,1-4H3,(H,15,16). The van der Waals surface area contributed by atoms with Crippen LogP contribution in [0.1, 0.15) is 39.9 Å². The number of hydrogen-bond donors (Lipinski definition) is 1. The molecule has 0 saturated heterocycles. The van der Waals surface area contributed by atoms with Crippen molar-refractivity contribution in [2.45, 2.75) is 46.1 Å². The van der Waals surface area contributed by atoms with Crippen molar-refractivity contribution in [2.75, 3.05) is 0 Å². The lowest BCUT2D eigenvalue weighted by molar-refractivity contribution is -0.146. The summed E-state index contributed by atoms with van der Waals surface area (Å²) < 4.78 is 1.39. The van der Waals surface area contributed by atoms with E-state index in [1.807, 2.05) is 0 Å². The summed E-state index contributed by atoms with van der Waals surface area (Å²) in [5, 5.41) is 20.3. The summed E-state index contributed by atoms with van der Waals surface area (Å²) in [6, 6.07) is 0. The summed E-state index contributed by atoms with van der Waals surface area (Å²) in [5.41, 5.74) is -1.10. The van der Waals surface area contributed by atoms with Gasteiger partial charge in [-0.3, -0.25) is 0 Å². The molecular formula is C10H18N4O2. The van der Waals surface area contributed by atoms with Crippen LogP contribution in [0.3, 0.4) is 0 Å². The summed E-state index contributed by atoms with van der Waals surface area (Å²) in [6.45, 7) is 7.35. The third-order valence-electron chi connectivity index (χ3n) is 2.81. The molecule has 0 radical (unpaired) electrons. The molecule has 1 atom stereocenters. The first-order valence-electron chi connectivity index (χ1n) is 5.40. The molecule has 0 saturated carbocycles. The van der Waals surface area contributed by atoms with Crippen molar-refractivity contribution in [3.05, 3.63) is 5.82 Å². The maximum Gasteiger partial charge on any atom is 0.331 e. The van der Waals surface area contributed by atoms with Crippen molar-refractivity contribution in [1.82, 2.24) is 20.2 Å². The Morgan fingerprint density at radius 1 is 1.56 bits per heavy atom. The van der Waals surface area contributed by atoms with Crippen LogP contribution in [0.4, 0.5) is 0 Å². The molecule has 0 aliphatic rings. The highest BCUT2D eigenvalue weighted by Gasteiger charge is 2.33. The van der Waals surface area contributed by atoms with Crippen molar-refractivity contribution >= 4 is 5.97 Å². The fourth-order valence-electron chi connectivity index (χ4n) is 1.31. The normalized spacial score (nSPS) is 13.8. The lowest BCUT2D eigenvalue weighted by Crippen LogP contribution is -2.38. The van der Waals surface area contributed by atoms with Gasteiger partial charge in [-0.2, -0.15) is 0 Å². The van der Waals surface area contributed by atoms with Gasteiger partial charge < -0.3 is 5.11 Å². The van der Waals surface area contributed by atoms with Crippen LogP contribution in [0.2, 0.25) is 0 Å². The zero-order valence-electron chi connectivity index (χ0n) is 10.1. The average Bonchev–Trinajstić information content (AvgIpc) is 2.65. The summed E-state index contributed by atoms with van der Waals surface area (Å²) in [5.74, 6) is 0.126. The van der Waals surface area contributed by atoms with E-state index in [4.69, 9.17) is 5.11 Å². The second-order valence-electron chi connectivity index (χ2n) is 4.59. The molecule has 1 aromatic rings. The Bertz CT molecular complexity index is 373. The minimum Gasteiger partial charge on any atom is -0.479 e. The van der Waals surface area contributed by atoms with Crippen molar-refractivity contribution < 1.29 is 9.90 Å². The van der Waals surface area contributed by atoms with Gasteiger partial charge in [0, 0.05) is 6.42 Å². The van der Waals surface area contributed by atoms with Gasteiger partial charge in [0.2, 0.25) is 0 Å². The van der Waals surface area contributed by atoms with Gasteiger partial charge in [-0.1, -0.05) is 20.3 Å². The summed E-state index contributed by atoms with van der Waals surface area (Å²) in [7, 11) is 0. The number of rotatable bonds is 5. The molecule has 0 spiro atoms. The number of aliphatic carboxylic acids is 1. The van der Waals surface area contributed by atoms with E-state index in [0.29, 0.717) is 18.2 Å². The quantitative estimate of drug-likeness (QED) is 0.812. The van der Waals surface area contributed by atoms with E-state index < -0.39 is 11.5 Å². The second-order valence-corrected chi connectivity index (χ2v) is 4.59. The Balaban J connectivity index is 2.98. The van der Waals surface area contributed by atoms with Crippen LogP contribution in [0.15, 0.2) is 0 Å². The first kappa shape index (κ1) is 12.6. The smallest absolute Gasteiger partial charge is 0.331 e. The molecule has 0 aliphatic heterocycles. The van der Waals surface area contributed by atoms with Crippen LogP contribution < -0.4 is 0 Å². The molecular weight excluding hydrogens is 208 g/mol. The molecule has 1 rings (SSSR count). The van der Waals surface area contributed by atoms with Gasteiger partial charge in [-0.15, -0.1) is 5.10 Å². The number of carbonyl (C=O) groups is 1. The van der Waals surface area contributed by atoms with Crippen LogP contribution in [-0.2, 0) is 16.8 Å². The highest BCUT2D eigenvalue weighted by molar-refractivity contribution is 5.75. The first-order valence-corrected chi connectivity index (χ1v) is 5.40. The van der Waals surface area contributed by atoms with E-state index in [-0.39, 0.29) is 0 Å². The largest absolute Gasteiger partial charge is 0.479 e. The number of carboxylic acid groups (broad SMARTS) is 1. The van der Waals surface area contributed by atoms with Gasteiger partial charge >= 0.3 is 5.97 Å². The van der Waals surface area contributed by atoms with Crippen molar-refractivity contribution in [3.63, 3.8) is 0 Å². The Kier molecular flexibility index (Phi) is 3.62. The molecule has 0 bridgehead atoms. The zero-order chi connectivity index (χ0) is 12.3. The SMILES string of the molecule is CCC(C)Cc1nnnn1C(C)(C)C(=O)O. The molecule has 16 heavy (non-hydrogen) atoms. The topological polar surface area (TPSA) is 80.9 Å². The third-order valence-corrected chi connectivity index (χ3v) is 2.81. The molecule has 0 aromatic carbocycles. The maximum absolute atomic E-state index is 11.1. The molecule has 0 aliphatic carbocycles. The number of carboxylic acids is 1. The predicted octanol–water partition coefficient (Wildman–Crippen LogP) is 1.08. The third kappa shape index (κ3) is 2.37. The number of nitrogens with zero attached hydrogens (tertiary/aromatic N) is 4. The summed E-state index contributed by atoms with van der Waals surface area (Å²) in [4.78, 5) is 11.1. The van der Waals surface area contributed by atoms with E-state index in [2.05, 4.69) is 29.4 Å². The lowest BCUT2D eigenvalue weighted by atomic mass is 10.0. The fraction of sp³-hybridized carbons (Fsp3) is 0.800. The molecule has 1 aromatic heterocycles. The zero-order valence-corrected chi connectivity index (χ0v) is 10.1. The molecule has 6 heteroatoms. The van der Waals surface area contributed by atoms with Gasteiger partial charge in [0.05, 0.1) is 0 Å². The van der Waals surface area contributed by atoms with Crippen LogP contribution >= 0.6 is 0 Å². The van der Waals surface area contributed by atoms with E-state index in [0.717, 1.165) is 6.42 Å². The van der Waals surface area contributed by atoms with E-state index in [1.165, 1.54) is 4.68 Å². The second kappa shape index (κ2) is 4.59. The lowest BCUT2D eigenvalue weighted by Gasteiger charge is -2.21. The minimum absolute atomic E-state index is 0.439. The first-order chi connectivity index (χ1) is 7.39. The van der Waals surface area contributed by atoms with E-state index in [9.17, 15) is 4.79 Å². The molecule has 90 valence electrons. The van der Waals surface area contributed by atoms with E-state index >= 15 is 0 Å². The van der Waals surface area contributed by atoms with Crippen LogP contribution in [0.25, 0.3) is 0 Å². The van der Waals surface area contributed by atoms with Gasteiger partial charge in [-0.25, -0.2) is 9.48 Å². The van der Waals surface area contributed by atoms with Gasteiger partial charge in [-0.05, 0) is 30.2 Å².